The van der Waals surface area contributed by atoms with Gasteiger partial charge in [0.05, 0.1) is 6.54 Å². The van der Waals surface area contributed by atoms with Crippen molar-refractivity contribution in [2.75, 3.05) is 0 Å². The van der Waals surface area contributed by atoms with E-state index in [1.165, 1.54) is 11.1 Å². The second-order valence-electron chi connectivity index (χ2n) is 8.35. The van der Waals surface area contributed by atoms with Crippen LogP contribution in [0.2, 0.25) is 0 Å². The second-order valence-corrected chi connectivity index (χ2v) is 9.29. The molecular formula is C28H25N5OS. The number of nitrogens with zero attached hydrogens (tertiary/aromatic N) is 4. The quantitative estimate of drug-likeness (QED) is 0.302. The smallest absolute Gasteiger partial charge is 0.251 e. The summed E-state index contributed by atoms with van der Waals surface area (Å²) in [6.07, 6.45) is 5.27. The molecule has 3 aromatic heterocycles. The van der Waals surface area contributed by atoms with Crippen LogP contribution in [-0.4, -0.2) is 25.4 Å². The first kappa shape index (κ1) is 22.8. The van der Waals surface area contributed by atoms with Gasteiger partial charge in [-0.05, 0) is 53.9 Å². The summed E-state index contributed by atoms with van der Waals surface area (Å²) in [6.45, 7) is 3.18. The van der Waals surface area contributed by atoms with E-state index >= 15 is 0 Å². The highest BCUT2D eigenvalue weighted by Crippen LogP contribution is 2.27. The Balaban J connectivity index is 1.31. The third-order valence-corrected chi connectivity index (χ3v) is 6.70. The first-order valence-corrected chi connectivity index (χ1v) is 12.4. The summed E-state index contributed by atoms with van der Waals surface area (Å²) in [5, 5.41) is 3.87. The monoisotopic (exact) mass is 479 g/mol. The van der Waals surface area contributed by atoms with Crippen LogP contribution in [0.25, 0.3) is 11.2 Å². The van der Waals surface area contributed by atoms with Crippen molar-refractivity contribution in [2.45, 2.75) is 30.9 Å². The predicted octanol–water partition coefficient (Wildman–Crippen LogP) is 5.41. The van der Waals surface area contributed by atoms with Crippen LogP contribution in [-0.2, 0) is 18.8 Å². The molecule has 5 rings (SSSR count). The third kappa shape index (κ3) is 5.58. The SMILES string of the molecule is Cc1cccc(CSc2nc3cccnc3n2Cc2ccc(C(=O)NCc3cccnc3)cc2)c1. The van der Waals surface area contributed by atoms with Gasteiger partial charge >= 0.3 is 0 Å². The van der Waals surface area contributed by atoms with Crippen molar-refractivity contribution in [1.82, 2.24) is 24.8 Å². The van der Waals surface area contributed by atoms with Crippen LogP contribution in [0.15, 0.2) is 96.5 Å². The lowest BCUT2D eigenvalue weighted by molar-refractivity contribution is 0.0951. The second kappa shape index (κ2) is 10.5. The number of amides is 1. The molecule has 0 aliphatic heterocycles. The lowest BCUT2D eigenvalue weighted by atomic mass is 10.1. The van der Waals surface area contributed by atoms with Crippen LogP contribution >= 0.6 is 11.8 Å². The first-order valence-electron chi connectivity index (χ1n) is 11.4. The van der Waals surface area contributed by atoms with Gasteiger partial charge in [-0.25, -0.2) is 9.97 Å². The number of nitrogens with one attached hydrogen (secondary N) is 1. The number of aromatic nitrogens is 4. The zero-order chi connectivity index (χ0) is 24.0. The lowest BCUT2D eigenvalue weighted by Gasteiger charge is -2.10. The molecule has 0 atom stereocenters. The molecule has 3 heterocycles. The highest BCUT2D eigenvalue weighted by atomic mass is 32.2. The van der Waals surface area contributed by atoms with Gasteiger partial charge in [0, 0.05) is 36.5 Å². The van der Waals surface area contributed by atoms with Crippen molar-refractivity contribution in [3.05, 3.63) is 119 Å². The molecule has 2 aromatic carbocycles. The fourth-order valence-electron chi connectivity index (χ4n) is 3.87. The van der Waals surface area contributed by atoms with Crippen molar-refractivity contribution < 1.29 is 4.79 Å². The average molecular weight is 480 g/mol. The van der Waals surface area contributed by atoms with Crippen LogP contribution in [0.4, 0.5) is 0 Å². The summed E-state index contributed by atoms with van der Waals surface area (Å²) >= 11 is 1.71. The summed E-state index contributed by atoms with van der Waals surface area (Å²) in [6, 6.07) is 23.9. The summed E-state index contributed by atoms with van der Waals surface area (Å²) in [5.74, 6) is 0.727. The molecule has 0 saturated heterocycles. The first-order chi connectivity index (χ1) is 17.2. The van der Waals surface area contributed by atoms with Crippen molar-refractivity contribution in [3.8, 4) is 0 Å². The molecule has 0 radical (unpaired) electrons. The standard InChI is InChI=1S/C28H25N5OS/c1-20-5-2-6-22(15-20)19-35-28-32-25-8-4-14-30-26(25)33(28)18-21-9-11-24(12-10-21)27(34)31-17-23-7-3-13-29-16-23/h2-16H,17-19H2,1H3,(H,31,34). The minimum absolute atomic E-state index is 0.107. The van der Waals surface area contributed by atoms with E-state index in [-0.39, 0.29) is 5.91 Å². The number of pyridine rings is 2. The molecule has 0 saturated carbocycles. The van der Waals surface area contributed by atoms with E-state index in [1.54, 1.807) is 30.4 Å². The Morgan fingerprint density at radius 3 is 2.57 bits per heavy atom. The fourth-order valence-corrected chi connectivity index (χ4v) is 4.82. The number of carbonyl (C=O) groups is 1. The average Bonchev–Trinajstić information content (AvgIpc) is 3.24. The van der Waals surface area contributed by atoms with Gasteiger partial charge in [0.2, 0.25) is 0 Å². The molecule has 5 aromatic rings. The molecule has 1 amide bonds. The maximum absolute atomic E-state index is 12.6. The van der Waals surface area contributed by atoms with E-state index < -0.39 is 0 Å². The van der Waals surface area contributed by atoms with Gasteiger partial charge in [0.25, 0.3) is 5.91 Å². The number of imidazole rings is 1. The zero-order valence-corrected chi connectivity index (χ0v) is 20.2. The van der Waals surface area contributed by atoms with E-state index in [0.29, 0.717) is 18.7 Å². The predicted molar refractivity (Wildman–Crippen MR) is 139 cm³/mol. The molecular weight excluding hydrogens is 454 g/mol. The number of carbonyl (C=O) groups excluding carboxylic acids is 1. The van der Waals surface area contributed by atoms with Crippen molar-refractivity contribution in [1.29, 1.82) is 0 Å². The summed E-state index contributed by atoms with van der Waals surface area (Å²) in [4.78, 5) is 26.1. The summed E-state index contributed by atoms with van der Waals surface area (Å²) in [7, 11) is 0. The Hall–Kier alpha value is -3.97. The molecule has 6 nitrogen and oxygen atoms in total. The highest BCUT2D eigenvalue weighted by Gasteiger charge is 2.14. The molecule has 0 bridgehead atoms. The minimum Gasteiger partial charge on any atom is -0.348 e. The summed E-state index contributed by atoms with van der Waals surface area (Å²) in [5.41, 5.74) is 6.93. The maximum atomic E-state index is 12.6. The van der Waals surface area contributed by atoms with Crippen molar-refractivity contribution >= 4 is 28.8 Å². The third-order valence-electron chi connectivity index (χ3n) is 5.65. The van der Waals surface area contributed by atoms with E-state index in [1.807, 2.05) is 48.5 Å². The molecule has 0 unspecified atom stereocenters. The number of benzene rings is 2. The van der Waals surface area contributed by atoms with E-state index in [9.17, 15) is 4.79 Å². The maximum Gasteiger partial charge on any atom is 0.251 e. The van der Waals surface area contributed by atoms with Gasteiger partial charge in [-0.3, -0.25) is 14.3 Å². The molecule has 0 aliphatic rings. The van der Waals surface area contributed by atoms with E-state index in [0.717, 1.165) is 33.2 Å². The molecule has 174 valence electrons. The van der Waals surface area contributed by atoms with Crippen LogP contribution in [0.3, 0.4) is 0 Å². The molecule has 0 spiro atoms. The van der Waals surface area contributed by atoms with Gasteiger partial charge in [0.1, 0.15) is 5.52 Å². The van der Waals surface area contributed by atoms with Crippen LogP contribution < -0.4 is 5.32 Å². The number of thioether (sulfide) groups is 1. The van der Waals surface area contributed by atoms with Gasteiger partial charge in [-0.1, -0.05) is 59.8 Å². The molecule has 0 aliphatic carbocycles. The largest absolute Gasteiger partial charge is 0.348 e. The zero-order valence-electron chi connectivity index (χ0n) is 19.4. The lowest BCUT2D eigenvalue weighted by Crippen LogP contribution is -2.22. The van der Waals surface area contributed by atoms with Gasteiger partial charge in [-0.2, -0.15) is 0 Å². The fraction of sp³-hybridized carbons (Fsp3) is 0.143. The summed E-state index contributed by atoms with van der Waals surface area (Å²) < 4.78 is 2.15. The number of fused-ring (bicyclic) bond motifs is 1. The number of rotatable bonds is 8. The van der Waals surface area contributed by atoms with Crippen LogP contribution in [0.5, 0.6) is 0 Å². The molecule has 7 heteroatoms. The molecule has 35 heavy (non-hydrogen) atoms. The Morgan fingerprint density at radius 1 is 0.943 bits per heavy atom. The normalized spacial score (nSPS) is 11.0. The Morgan fingerprint density at radius 2 is 1.77 bits per heavy atom. The van der Waals surface area contributed by atoms with Crippen LogP contribution in [0, 0.1) is 6.92 Å². The number of hydrogen-bond acceptors (Lipinski definition) is 5. The topological polar surface area (TPSA) is 72.7 Å². The molecule has 0 fully saturated rings. The van der Waals surface area contributed by atoms with Crippen molar-refractivity contribution in [2.24, 2.45) is 0 Å². The van der Waals surface area contributed by atoms with Gasteiger partial charge < -0.3 is 5.32 Å². The van der Waals surface area contributed by atoms with Gasteiger partial charge in [0.15, 0.2) is 10.8 Å². The Kier molecular flexibility index (Phi) is 6.86. The van der Waals surface area contributed by atoms with E-state index in [2.05, 4.69) is 51.0 Å². The number of hydrogen-bond donors (Lipinski definition) is 1. The number of aryl methyl sites for hydroxylation is 1. The minimum atomic E-state index is -0.107. The van der Waals surface area contributed by atoms with Gasteiger partial charge in [-0.15, -0.1) is 0 Å². The molecule has 1 N–H and O–H groups in total. The van der Waals surface area contributed by atoms with Crippen LogP contribution in [0.1, 0.15) is 32.6 Å². The van der Waals surface area contributed by atoms with Crippen molar-refractivity contribution in [3.63, 3.8) is 0 Å². The highest BCUT2D eigenvalue weighted by molar-refractivity contribution is 7.98. The Bertz CT molecular complexity index is 1450. The Labute approximate surface area is 208 Å². The van der Waals surface area contributed by atoms with E-state index in [4.69, 9.17) is 4.98 Å².